The second kappa shape index (κ2) is 6.99. The van der Waals surface area contributed by atoms with E-state index in [0.29, 0.717) is 11.8 Å². The Balaban J connectivity index is 1.73. The van der Waals surface area contributed by atoms with Crippen LogP contribution in [0.2, 0.25) is 5.15 Å². The molecule has 0 N–H and O–H groups in total. The Hall–Kier alpha value is -1.43. The predicted octanol–water partition coefficient (Wildman–Crippen LogP) is 3.35. The standard InChI is InChI=1S/C17H21ClFN3O/c1-3-15-14(17(18)21(2)20-15)10-22-8-9-23-16(11-22)12-4-6-13(19)7-5-12/h4-7,16H,3,8-11H2,1-2H3. The smallest absolute Gasteiger partial charge is 0.131 e. The zero-order chi connectivity index (χ0) is 16.4. The van der Waals surface area contributed by atoms with Gasteiger partial charge in [-0.15, -0.1) is 0 Å². The van der Waals surface area contributed by atoms with Crippen molar-refractivity contribution in [2.75, 3.05) is 19.7 Å². The third-order valence-corrected chi connectivity index (χ3v) is 4.73. The molecule has 3 rings (SSSR count). The summed E-state index contributed by atoms with van der Waals surface area (Å²) in [4.78, 5) is 2.32. The van der Waals surface area contributed by atoms with Crippen molar-refractivity contribution in [1.82, 2.24) is 14.7 Å². The summed E-state index contributed by atoms with van der Waals surface area (Å²) in [6.07, 6.45) is 0.826. The zero-order valence-electron chi connectivity index (χ0n) is 13.4. The van der Waals surface area contributed by atoms with E-state index in [9.17, 15) is 4.39 Å². The lowest BCUT2D eigenvalue weighted by Gasteiger charge is -2.33. The number of rotatable bonds is 4. The Morgan fingerprint density at radius 3 is 2.78 bits per heavy atom. The van der Waals surface area contributed by atoms with Gasteiger partial charge in [-0.3, -0.25) is 9.58 Å². The normalized spacial score (nSPS) is 19.2. The van der Waals surface area contributed by atoms with E-state index in [1.807, 2.05) is 7.05 Å². The van der Waals surface area contributed by atoms with Crippen LogP contribution in [-0.2, 0) is 24.8 Å². The van der Waals surface area contributed by atoms with Gasteiger partial charge in [0.2, 0.25) is 0 Å². The van der Waals surface area contributed by atoms with Crippen LogP contribution in [0.1, 0.15) is 29.8 Å². The van der Waals surface area contributed by atoms with E-state index in [1.165, 1.54) is 12.1 Å². The molecule has 6 heteroatoms. The first kappa shape index (κ1) is 16.4. The van der Waals surface area contributed by atoms with Crippen LogP contribution in [0.25, 0.3) is 0 Å². The Morgan fingerprint density at radius 1 is 1.35 bits per heavy atom. The number of hydrogen-bond acceptors (Lipinski definition) is 3. The van der Waals surface area contributed by atoms with Crippen molar-refractivity contribution in [2.45, 2.75) is 26.0 Å². The number of benzene rings is 1. The number of morpholine rings is 1. The molecule has 1 aromatic carbocycles. The third kappa shape index (κ3) is 3.57. The molecule has 0 bridgehead atoms. The minimum Gasteiger partial charge on any atom is -0.371 e. The van der Waals surface area contributed by atoms with Crippen LogP contribution in [0.15, 0.2) is 24.3 Å². The second-order valence-electron chi connectivity index (χ2n) is 5.84. The summed E-state index contributed by atoms with van der Waals surface area (Å²) in [7, 11) is 1.87. The quantitative estimate of drug-likeness (QED) is 0.857. The van der Waals surface area contributed by atoms with Gasteiger partial charge in [0, 0.05) is 32.2 Å². The van der Waals surface area contributed by atoms with Crippen molar-refractivity contribution < 1.29 is 9.13 Å². The van der Waals surface area contributed by atoms with E-state index < -0.39 is 0 Å². The Morgan fingerprint density at radius 2 is 2.09 bits per heavy atom. The van der Waals surface area contributed by atoms with Crippen LogP contribution < -0.4 is 0 Å². The number of aromatic nitrogens is 2. The number of halogens is 2. The predicted molar refractivity (Wildman–Crippen MR) is 88.0 cm³/mol. The van der Waals surface area contributed by atoms with Gasteiger partial charge in [0.1, 0.15) is 11.0 Å². The lowest BCUT2D eigenvalue weighted by molar-refractivity contribution is -0.0330. The largest absolute Gasteiger partial charge is 0.371 e. The van der Waals surface area contributed by atoms with E-state index in [2.05, 4.69) is 16.9 Å². The summed E-state index contributed by atoms with van der Waals surface area (Å²) >= 11 is 6.38. The maximum Gasteiger partial charge on any atom is 0.131 e. The van der Waals surface area contributed by atoms with Gasteiger partial charge in [0.05, 0.1) is 18.4 Å². The van der Waals surface area contributed by atoms with Crippen molar-refractivity contribution >= 4 is 11.6 Å². The van der Waals surface area contributed by atoms with Crippen molar-refractivity contribution in [3.8, 4) is 0 Å². The molecule has 0 amide bonds. The molecule has 23 heavy (non-hydrogen) atoms. The maximum absolute atomic E-state index is 13.1. The Labute approximate surface area is 140 Å². The maximum atomic E-state index is 13.1. The molecular formula is C17H21ClFN3O. The molecule has 1 aromatic heterocycles. The molecule has 2 heterocycles. The molecule has 0 saturated carbocycles. The van der Waals surface area contributed by atoms with E-state index in [4.69, 9.17) is 16.3 Å². The first-order valence-electron chi connectivity index (χ1n) is 7.88. The minimum atomic E-state index is -0.226. The lowest BCUT2D eigenvalue weighted by Crippen LogP contribution is -2.38. The topological polar surface area (TPSA) is 30.3 Å². The first-order valence-corrected chi connectivity index (χ1v) is 8.26. The van der Waals surface area contributed by atoms with Crippen molar-refractivity contribution in [3.05, 3.63) is 52.1 Å². The van der Waals surface area contributed by atoms with Crippen LogP contribution in [0, 0.1) is 5.82 Å². The van der Waals surface area contributed by atoms with Gasteiger partial charge in [-0.05, 0) is 24.1 Å². The van der Waals surface area contributed by atoms with Crippen LogP contribution in [0.4, 0.5) is 4.39 Å². The molecule has 1 fully saturated rings. The average molecular weight is 338 g/mol. The van der Waals surface area contributed by atoms with Gasteiger partial charge in [0.25, 0.3) is 0 Å². The van der Waals surface area contributed by atoms with Gasteiger partial charge < -0.3 is 4.74 Å². The SMILES string of the molecule is CCc1nn(C)c(Cl)c1CN1CCOC(c2ccc(F)cc2)C1. The van der Waals surface area contributed by atoms with E-state index >= 15 is 0 Å². The number of nitrogens with zero attached hydrogens (tertiary/aromatic N) is 3. The second-order valence-corrected chi connectivity index (χ2v) is 6.20. The molecule has 0 aliphatic carbocycles. The molecule has 1 atom stereocenters. The number of hydrogen-bond donors (Lipinski definition) is 0. The van der Waals surface area contributed by atoms with Crippen LogP contribution in [0.5, 0.6) is 0 Å². The minimum absolute atomic E-state index is 0.0372. The van der Waals surface area contributed by atoms with E-state index in [-0.39, 0.29) is 11.9 Å². The molecule has 4 nitrogen and oxygen atoms in total. The molecule has 1 aliphatic heterocycles. The Kier molecular flexibility index (Phi) is 4.99. The van der Waals surface area contributed by atoms with E-state index in [1.54, 1.807) is 16.8 Å². The molecular weight excluding hydrogens is 317 g/mol. The summed E-state index contributed by atoms with van der Waals surface area (Å²) in [5, 5.41) is 5.17. The van der Waals surface area contributed by atoms with Gasteiger partial charge >= 0.3 is 0 Å². The molecule has 1 unspecified atom stereocenters. The molecule has 0 spiro atoms. The zero-order valence-corrected chi connectivity index (χ0v) is 14.2. The Bertz CT molecular complexity index is 671. The highest BCUT2D eigenvalue weighted by Crippen LogP contribution is 2.26. The monoisotopic (exact) mass is 337 g/mol. The summed E-state index contributed by atoms with van der Waals surface area (Å²) < 4.78 is 20.6. The fraction of sp³-hybridized carbons (Fsp3) is 0.471. The highest BCUT2D eigenvalue weighted by Gasteiger charge is 2.24. The molecule has 2 aromatic rings. The summed E-state index contributed by atoms with van der Waals surface area (Å²) in [5.74, 6) is -0.226. The summed E-state index contributed by atoms with van der Waals surface area (Å²) in [5.41, 5.74) is 3.14. The van der Waals surface area contributed by atoms with Crippen molar-refractivity contribution in [1.29, 1.82) is 0 Å². The highest BCUT2D eigenvalue weighted by molar-refractivity contribution is 6.30. The highest BCUT2D eigenvalue weighted by atomic mass is 35.5. The molecule has 0 radical (unpaired) electrons. The molecule has 124 valence electrons. The van der Waals surface area contributed by atoms with Crippen LogP contribution in [-0.4, -0.2) is 34.4 Å². The van der Waals surface area contributed by atoms with Gasteiger partial charge in [-0.25, -0.2) is 4.39 Å². The summed E-state index contributed by atoms with van der Waals surface area (Å²) in [6.45, 7) is 5.12. The van der Waals surface area contributed by atoms with Crippen molar-refractivity contribution in [2.24, 2.45) is 7.05 Å². The molecule has 1 aliphatic rings. The molecule has 1 saturated heterocycles. The van der Waals surface area contributed by atoms with Gasteiger partial charge in [0.15, 0.2) is 0 Å². The van der Waals surface area contributed by atoms with Gasteiger partial charge in [-0.1, -0.05) is 30.7 Å². The first-order chi connectivity index (χ1) is 11.1. The summed E-state index contributed by atoms with van der Waals surface area (Å²) in [6, 6.07) is 6.53. The van der Waals surface area contributed by atoms with Crippen LogP contribution in [0.3, 0.4) is 0 Å². The fourth-order valence-corrected chi connectivity index (χ4v) is 3.20. The van der Waals surface area contributed by atoms with Gasteiger partial charge in [-0.2, -0.15) is 5.10 Å². The fourth-order valence-electron chi connectivity index (χ4n) is 2.99. The number of ether oxygens (including phenoxy) is 1. The number of aryl methyl sites for hydroxylation is 2. The third-order valence-electron chi connectivity index (χ3n) is 4.26. The lowest BCUT2D eigenvalue weighted by atomic mass is 10.1. The van der Waals surface area contributed by atoms with Crippen LogP contribution >= 0.6 is 11.6 Å². The average Bonchev–Trinajstić information content (AvgIpc) is 2.83. The van der Waals surface area contributed by atoms with E-state index in [0.717, 1.165) is 42.9 Å². The van der Waals surface area contributed by atoms with Crippen molar-refractivity contribution in [3.63, 3.8) is 0 Å².